The minimum Gasteiger partial charge on any atom is -0.352 e. The van der Waals surface area contributed by atoms with Crippen molar-refractivity contribution in [2.45, 2.75) is 6.42 Å². The third-order valence-electron chi connectivity index (χ3n) is 5.41. The van der Waals surface area contributed by atoms with Crippen LogP contribution in [-0.2, 0) is 0 Å². The zero-order valence-corrected chi connectivity index (χ0v) is 19.6. The number of nitrogens with zero attached hydrogens (tertiary/aromatic N) is 3. The van der Waals surface area contributed by atoms with Crippen molar-refractivity contribution in [2.75, 3.05) is 47.5 Å². The van der Waals surface area contributed by atoms with E-state index in [1.165, 1.54) is 11.4 Å². The Balaban J connectivity index is 1.40. The quantitative estimate of drug-likeness (QED) is 0.350. The van der Waals surface area contributed by atoms with E-state index in [4.69, 9.17) is 12.2 Å². The highest BCUT2D eigenvalue weighted by atomic mass is 32.1. The first-order valence-electron chi connectivity index (χ1n) is 10.7. The molecule has 0 radical (unpaired) electrons. The number of thiocarbonyl (C=S) groups is 1. The number of benzene rings is 3. The molecule has 3 aromatic rings. The van der Waals surface area contributed by atoms with Crippen molar-refractivity contribution in [2.24, 2.45) is 0 Å². The number of hydrogen-bond donors (Lipinski definition) is 1. The highest BCUT2D eigenvalue weighted by molar-refractivity contribution is 7.80. The smallest absolute Gasteiger partial charge is 0.173 e. The van der Waals surface area contributed by atoms with Gasteiger partial charge in [0.15, 0.2) is 5.11 Å². The first kappa shape index (κ1) is 21.6. The van der Waals surface area contributed by atoms with Gasteiger partial charge in [0.05, 0.1) is 8.22 Å². The lowest BCUT2D eigenvalue weighted by Gasteiger charge is -2.33. The van der Waals surface area contributed by atoms with E-state index < -0.39 is 8.22 Å². The van der Waals surface area contributed by atoms with Crippen LogP contribution >= 0.6 is 20.4 Å². The first-order chi connectivity index (χ1) is 15.2. The molecule has 0 spiro atoms. The molecule has 1 heterocycles. The average molecular weight is 449 g/mol. The lowest BCUT2D eigenvalue weighted by molar-refractivity contribution is 0.509. The number of anilines is 3. The van der Waals surface area contributed by atoms with Crippen molar-refractivity contribution in [1.29, 1.82) is 0 Å². The largest absolute Gasteiger partial charge is 0.352 e. The molecule has 0 amide bonds. The minimum absolute atomic E-state index is 0.446. The van der Waals surface area contributed by atoms with Crippen LogP contribution < -0.4 is 14.7 Å². The Bertz CT molecular complexity index is 908. The van der Waals surface area contributed by atoms with E-state index in [1.54, 1.807) is 0 Å². The Labute approximate surface area is 192 Å². The summed E-state index contributed by atoms with van der Waals surface area (Å²) in [7, 11) is 1.63. The molecule has 4 nitrogen and oxygen atoms in total. The van der Waals surface area contributed by atoms with Crippen LogP contribution in [0.5, 0.6) is 0 Å². The molecule has 1 N–H and O–H groups in total. The van der Waals surface area contributed by atoms with Gasteiger partial charge in [-0.25, -0.2) is 0 Å². The summed E-state index contributed by atoms with van der Waals surface area (Å²) >= 11 is 5.61. The molecule has 1 aliphatic heterocycles. The van der Waals surface area contributed by atoms with Gasteiger partial charge < -0.3 is 19.6 Å². The molecule has 0 atom stereocenters. The molecule has 6 heteroatoms. The van der Waals surface area contributed by atoms with Crippen LogP contribution in [0.1, 0.15) is 6.42 Å². The highest BCUT2D eigenvalue weighted by Crippen LogP contribution is 2.53. The van der Waals surface area contributed by atoms with Crippen LogP contribution in [0, 0.1) is 0 Å². The van der Waals surface area contributed by atoms with Gasteiger partial charge in [-0.3, -0.25) is 0 Å². The monoisotopic (exact) mass is 448 g/mol. The Morgan fingerprint density at radius 1 is 0.839 bits per heavy atom. The normalized spacial score (nSPS) is 14.0. The molecule has 0 bridgehead atoms. The third-order valence-corrected chi connectivity index (χ3v) is 8.52. The molecule has 31 heavy (non-hydrogen) atoms. The van der Waals surface area contributed by atoms with Gasteiger partial charge in [-0.05, 0) is 55.0 Å². The number of hydrogen-bond acceptors (Lipinski definition) is 3. The molecule has 1 saturated heterocycles. The van der Waals surface area contributed by atoms with E-state index in [-0.39, 0.29) is 0 Å². The van der Waals surface area contributed by atoms with Crippen molar-refractivity contribution in [3.8, 4) is 0 Å². The lowest BCUT2D eigenvalue weighted by atomic mass is 10.3. The minimum atomic E-state index is -0.446. The summed E-state index contributed by atoms with van der Waals surface area (Å²) in [5, 5.41) is 4.10. The molecule has 0 aromatic heterocycles. The second-order valence-corrected chi connectivity index (χ2v) is 10.1. The molecule has 3 aromatic carbocycles. The van der Waals surface area contributed by atoms with Gasteiger partial charge in [-0.1, -0.05) is 54.6 Å². The summed E-state index contributed by atoms with van der Waals surface area (Å²) in [6, 6.07) is 31.8. The van der Waals surface area contributed by atoms with Gasteiger partial charge in [0.25, 0.3) is 0 Å². The zero-order valence-electron chi connectivity index (χ0n) is 17.9. The van der Waals surface area contributed by atoms with Crippen LogP contribution in [-0.4, -0.2) is 42.9 Å². The predicted molar refractivity (Wildman–Crippen MR) is 139 cm³/mol. The van der Waals surface area contributed by atoms with Gasteiger partial charge in [-0.2, -0.15) is 0 Å². The summed E-state index contributed by atoms with van der Waals surface area (Å²) in [5.41, 5.74) is 3.67. The fourth-order valence-corrected chi connectivity index (χ4v) is 6.63. The van der Waals surface area contributed by atoms with Crippen molar-refractivity contribution in [3.05, 3.63) is 91.0 Å². The van der Waals surface area contributed by atoms with Crippen LogP contribution in [0.25, 0.3) is 0 Å². The molecular weight excluding hydrogens is 419 g/mol. The maximum Gasteiger partial charge on any atom is 0.173 e. The standard InChI is InChI=1S/C25H29N4PS/c1-27(25(31)26-22-12-5-2-6-13-22)18-11-21-30-28(23-14-7-3-8-15-23)19-20-29(30)24-16-9-4-10-17-24/h2-10,12-17H,11,18-21H2,1H3,(H,26,31). The maximum atomic E-state index is 5.61. The molecule has 1 fully saturated rings. The summed E-state index contributed by atoms with van der Waals surface area (Å²) < 4.78 is 5.20. The van der Waals surface area contributed by atoms with Gasteiger partial charge in [0, 0.05) is 49.9 Å². The van der Waals surface area contributed by atoms with E-state index in [1.807, 2.05) is 30.3 Å². The van der Waals surface area contributed by atoms with Crippen molar-refractivity contribution in [3.63, 3.8) is 0 Å². The average Bonchev–Trinajstić information content (AvgIpc) is 3.24. The van der Waals surface area contributed by atoms with Crippen molar-refractivity contribution in [1.82, 2.24) is 4.90 Å². The van der Waals surface area contributed by atoms with Gasteiger partial charge in [-0.15, -0.1) is 0 Å². The fraction of sp³-hybridized carbons (Fsp3) is 0.240. The Kier molecular flexibility index (Phi) is 7.39. The Hall–Kier alpha value is -2.62. The number of para-hydroxylation sites is 3. The second kappa shape index (κ2) is 10.6. The van der Waals surface area contributed by atoms with Gasteiger partial charge in [0.2, 0.25) is 0 Å². The molecule has 160 valence electrons. The van der Waals surface area contributed by atoms with Crippen molar-refractivity contribution >= 4 is 42.6 Å². The predicted octanol–water partition coefficient (Wildman–Crippen LogP) is 6.04. The van der Waals surface area contributed by atoms with Gasteiger partial charge >= 0.3 is 0 Å². The first-order valence-corrected chi connectivity index (χ1v) is 12.6. The Morgan fingerprint density at radius 2 is 1.32 bits per heavy atom. The topological polar surface area (TPSA) is 21.8 Å². The molecule has 1 aliphatic rings. The molecule has 0 aliphatic carbocycles. The second-order valence-electron chi connectivity index (χ2n) is 7.58. The zero-order chi connectivity index (χ0) is 21.5. The van der Waals surface area contributed by atoms with E-state index in [2.05, 4.69) is 87.3 Å². The SMILES string of the molecule is CN(CCCP1N(c2ccccc2)CCN1c1ccccc1)C(=S)Nc1ccccc1. The van der Waals surface area contributed by atoms with Crippen LogP contribution in [0.15, 0.2) is 91.0 Å². The van der Waals surface area contributed by atoms with Crippen LogP contribution in [0.4, 0.5) is 17.1 Å². The van der Waals surface area contributed by atoms with Crippen LogP contribution in [0.3, 0.4) is 0 Å². The third kappa shape index (κ3) is 5.55. The van der Waals surface area contributed by atoms with E-state index in [0.717, 1.165) is 43.0 Å². The summed E-state index contributed by atoms with van der Waals surface area (Å²) in [6.07, 6.45) is 2.23. The maximum absolute atomic E-state index is 5.61. The molecular formula is C25H29N4PS. The molecule has 0 saturated carbocycles. The summed E-state index contributed by atoms with van der Waals surface area (Å²) in [6.45, 7) is 3.06. The van der Waals surface area contributed by atoms with Crippen molar-refractivity contribution < 1.29 is 0 Å². The fourth-order valence-electron chi connectivity index (χ4n) is 3.81. The van der Waals surface area contributed by atoms with Gasteiger partial charge in [0.1, 0.15) is 0 Å². The highest BCUT2D eigenvalue weighted by Gasteiger charge is 2.32. The number of nitrogens with one attached hydrogen (secondary N) is 1. The lowest BCUT2D eigenvalue weighted by Crippen LogP contribution is -2.32. The van der Waals surface area contributed by atoms with E-state index in [0.29, 0.717) is 0 Å². The summed E-state index contributed by atoms with van der Waals surface area (Å²) in [4.78, 5) is 2.15. The summed E-state index contributed by atoms with van der Waals surface area (Å²) in [5.74, 6) is 0. The van der Waals surface area contributed by atoms with E-state index >= 15 is 0 Å². The Morgan fingerprint density at radius 3 is 1.84 bits per heavy atom. The van der Waals surface area contributed by atoms with E-state index in [9.17, 15) is 0 Å². The van der Waals surface area contributed by atoms with Crippen LogP contribution in [0.2, 0.25) is 0 Å². The molecule has 4 rings (SSSR count). The number of rotatable bonds is 7. The molecule has 0 unspecified atom stereocenters.